The second kappa shape index (κ2) is 7.62. The van der Waals surface area contributed by atoms with E-state index in [9.17, 15) is 9.18 Å². The van der Waals surface area contributed by atoms with E-state index in [0.29, 0.717) is 56.6 Å². The number of carbonyl (C=O) groups excluding carboxylic acids is 1. The number of carbonyl (C=O) groups is 1. The summed E-state index contributed by atoms with van der Waals surface area (Å²) in [5.74, 6) is 2.81. The maximum absolute atomic E-state index is 13.7. The van der Waals surface area contributed by atoms with Gasteiger partial charge >= 0.3 is 0 Å². The number of halogens is 1. The predicted molar refractivity (Wildman–Crippen MR) is 88.3 cm³/mol. The molecule has 132 valence electrons. The van der Waals surface area contributed by atoms with E-state index in [4.69, 9.17) is 15.9 Å². The van der Waals surface area contributed by atoms with Crippen LogP contribution in [0.5, 0.6) is 5.75 Å². The van der Waals surface area contributed by atoms with Gasteiger partial charge in [-0.05, 0) is 24.1 Å². The van der Waals surface area contributed by atoms with E-state index < -0.39 is 5.66 Å². The van der Waals surface area contributed by atoms with Crippen LogP contribution in [0.3, 0.4) is 0 Å². The van der Waals surface area contributed by atoms with Crippen molar-refractivity contribution in [3.63, 3.8) is 0 Å². The Balaban J connectivity index is 1.45. The van der Waals surface area contributed by atoms with E-state index in [1.807, 2.05) is 0 Å². The van der Waals surface area contributed by atoms with Crippen molar-refractivity contribution >= 4 is 5.91 Å². The quantitative estimate of drug-likeness (QED) is 0.736. The topological polar surface area (TPSA) is 72.3 Å². The van der Waals surface area contributed by atoms with Crippen LogP contribution in [0.15, 0.2) is 22.4 Å². The van der Waals surface area contributed by atoms with Crippen molar-refractivity contribution in [2.45, 2.75) is 44.4 Å². The fraction of sp³-hybridized carbons (Fsp3) is 0.500. The van der Waals surface area contributed by atoms with E-state index in [1.165, 1.54) is 12.1 Å². The summed E-state index contributed by atoms with van der Waals surface area (Å²) in [6, 6.07) is 2.85. The lowest BCUT2D eigenvalue weighted by molar-refractivity contribution is -0.121. The van der Waals surface area contributed by atoms with Gasteiger partial charge in [0.1, 0.15) is 11.6 Å². The second-order valence-corrected chi connectivity index (χ2v) is 6.15. The van der Waals surface area contributed by atoms with Crippen LogP contribution in [0.4, 0.5) is 4.39 Å². The Bertz CT molecular complexity index is 721. The molecule has 3 rings (SSSR count). The molecule has 1 amide bonds. The molecule has 0 saturated heterocycles. The summed E-state index contributed by atoms with van der Waals surface area (Å²) in [4.78, 5) is 12.0. The summed E-state index contributed by atoms with van der Waals surface area (Å²) >= 11 is 0. The third-order valence-corrected chi connectivity index (χ3v) is 4.27. The molecule has 2 aliphatic heterocycles. The number of nitrogens with one attached hydrogen (secondary N) is 1. The maximum atomic E-state index is 13.7. The molecule has 1 aromatic rings. The minimum atomic E-state index is -0.445. The van der Waals surface area contributed by atoms with Gasteiger partial charge in [-0.1, -0.05) is 0 Å². The zero-order valence-electron chi connectivity index (χ0n) is 13.9. The van der Waals surface area contributed by atoms with Crippen LogP contribution in [-0.2, 0) is 22.6 Å². The lowest BCUT2D eigenvalue weighted by Crippen LogP contribution is -2.27. The van der Waals surface area contributed by atoms with E-state index in [-0.39, 0.29) is 18.5 Å². The smallest absolute Gasteiger partial charge is 0.220 e. The fourth-order valence-corrected chi connectivity index (χ4v) is 2.85. The summed E-state index contributed by atoms with van der Waals surface area (Å²) in [5.41, 5.74) is 0.982. The van der Waals surface area contributed by atoms with E-state index in [1.54, 1.807) is 0 Å². The van der Waals surface area contributed by atoms with Gasteiger partial charge in [-0.3, -0.25) is 4.79 Å². The molecule has 2 heterocycles. The number of rotatable bonds is 8. The van der Waals surface area contributed by atoms with Crippen molar-refractivity contribution in [2.75, 3.05) is 13.3 Å². The summed E-state index contributed by atoms with van der Waals surface area (Å²) < 4.78 is 24.3. The van der Waals surface area contributed by atoms with Gasteiger partial charge in [-0.15, -0.1) is 12.3 Å². The molecule has 7 heteroatoms. The van der Waals surface area contributed by atoms with Crippen molar-refractivity contribution < 1.29 is 18.7 Å². The molecule has 0 fully saturated rings. The van der Waals surface area contributed by atoms with Crippen molar-refractivity contribution in [1.82, 2.24) is 5.32 Å². The lowest BCUT2D eigenvalue weighted by atomic mass is 10.0. The number of hydrogen-bond acceptors (Lipinski definition) is 5. The standard InChI is InChI=1S/C18H20FN3O3/c1-2-3-6-18(21-22-18)7-4-16(23)20-8-5-13-9-15(19)10-14-11-24-12-25-17(13)14/h1,9-10H,3-8,11-12H2,(H,20,23). The number of benzene rings is 1. The van der Waals surface area contributed by atoms with E-state index in [2.05, 4.69) is 21.5 Å². The zero-order chi connectivity index (χ0) is 17.7. The Kier molecular flexibility index (Phi) is 5.29. The molecule has 0 unspecified atom stereocenters. The Labute approximate surface area is 145 Å². The van der Waals surface area contributed by atoms with Gasteiger partial charge in [0.25, 0.3) is 0 Å². The van der Waals surface area contributed by atoms with Crippen LogP contribution in [0.25, 0.3) is 0 Å². The van der Waals surface area contributed by atoms with Crippen LogP contribution in [-0.4, -0.2) is 24.9 Å². The molecule has 0 aromatic heterocycles. The average Bonchev–Trinajstić information content (AvgIpc) is 3.38. The van der Waals surface area contributed by atoms with Crippen molar-refractivity contribution in [1.29, 1.82) is 0 Å². The summed E-state index contributed by atoms with van der Waals surface area (Å²) in [7, 11) is 0. The van der Waals surface area contributed by atoms with Gasteiger partial charge in [-0.25, -0.2) is 4.39 Å². The highest BCUT2D eigenvalue weighted by molar-refractivity contribution is 5.76. The minimum absolute atomic E-state index is 0.0769. The molecule has 0 radical (unpaired) electrons. The third kappa shape index (κ3) is 4.54. The first-order chi connectivity index (χ1) is 12.1. The molecule has 0 saturated carbocycles. The monoisotopic (exact) mass is 345 g/mol. The number of amides is 1. The molecule has 2 aliphatic rings. The largest absolute Gasteiger partial charge is 0.467 e. The highest BCUT2D eigenvalue weighted by Crippen LogP contribution is 2.37. The number of fused-ring (bicyclic) bond motifs is 1. The summed E-state index contributed by atoms with van der Waals surface area (Å²) in [5, 5.41) is 10.9. The molecule has 0 bridgehead atoms. The molecule has 0 atom stereocenters. The first-order valence-corrected chi connectivity index (χ1v) is 8.28. The zero-order valence-corrected chi connectivity index (χ0v) is 13.9. The van der Waals surface area contributed by atoms with Gasteiger partial charge in [-0.2, -0.15) is 10.2 Å². The molecule has 6 nitrogen and oxygen atoms in total. The number of terminal acetylenes is 1. The van der Waals surface area contributed by atoms with Crippen LogP contribution in [0, 0.1) is 18.2 Å². The first kappa shape index (κ1) is 17.4. The first-order valence-electron chi connectivity index (χ1n) is 8.28. The van der Waals surface area contributed by atoms with Crippen LogP contribution < -0.4 is 10.1 Å². The van der Waals surface area contributed by atoms with E-state index in [0.717, 1.165) is 5.56 Å². The Hall–Kier alpha value is -2.46. The van der Waals surface area contributed by atoms with Gasteiger partial charge in [0, 0.05) is 37.8 Å². The Morgan fingerprint density at radius 1 is 1.40 bits per heavy atom. The second-order valence-electron chi connectivity index (χ2n) is 6.15. The third-order valence-electron chi connectivity index (χ3n) is 4.27. The predicted octanol–water partition coefficient (Wildman–Crippen LogP) is 2.71. The van der Waals surface area contributed by atoms with Crippen molar-refractivity contribution in [3.8, 4) is 18.1 Å². The highest BCUT2D eigenvalue weighted by Gasteiger charge is 2.39. The van der Waals surface area contributed by atoms with E-state index >= 15 is 0 Å². The number of nitrogens with zero attached hydrogens (tertiary/aromatic N) is 2. The molecule has 25 heavy (non-hydrogen) atoms. The Morgan fingerprint density at radius 3 is 3.00 bits per heavy atom. The lowest BCUT2D eigenvalue weighted by Gasteiger charge is -2.21. The van der Waals surface area contributed by atoms with Crippen molar-refractivity contribution in [2.24, 2.45) is 10.2 Å². The molecule has 1 aromatic carbocycles. The normalized spacial score (nSPS) is 16.5. The molecule has 0 spiro atoms. The summed E-state index contributed by atoms with van der Waals surface area (Å²) in [6.45, 7) is 0.897. The Morgan fingerprint density at radius 2 is 2.24 bits per heavy atom. The van der Waals surface area contributed by atoms with Gasteiger partial charge < -0.3 is 14.8 Å². The molecular weight excluding hydrogens is 325 g/mol. The minimum Gasteiger partial charge on any atom is -0.467 e. The van der Waals surface area contributed by atoms with Crippen molar-refractivity contribution in [3.05, 3.63) is 29.1 Å². The van der Waals surface area contributed by atoms with Crippen LogP contribution in [0.2, 0.25) is 0 Å². The van der Waals surface area contributed by atoms with Gasteiger partial charge in [0.2, 0.25) is 5.91 Å². The molecule has 1 N–H and O–H groups in total. The molecular formula is C18H20FN3O3. The van der Waals surface area contributed by atoms with Crippen LogP contribution in [0.1, 0.15) is 36.8 Å². The maximum Gasteiger partial charge on any atom is 0.220 e. The molecule has 0 aliphatic carbocycles. The highest BCUT2D eigenvalue weighted by atomic mass is 19.1. The average molecular weight is 345 g/mol. The number of hydrogen-bond donors (Lipinski definition) is 1. The van der Waals surface area contributed by atoms with Crippen LogP contribution >= 0.6 is 0 Å². The van der Waals surface area contributed by atoms with Gasteiger partial charge in [0.15, 0.2) is 12.5 Å². The summed E-state index contributed by atoms with van der Waals surface area (Å²) in [6.07, 6.45) is 7.92. The van der Waals surface area contributed by atoms with Gasteiger partial charge in [0.05, 0.1) is 6.61 Å². The fourth-order valence-electron chi connectivity index (χ4n) is 2.85. The number of ether oxygens (including phenoxy) is 2. The SMILES string of the molecule is C#CCCC1(CCC(=O)NCCc2cc(F)cc3c2OCOC3)N=N1.